The summed E-state index contributed by atoms with van der Waals surface area (Å²) in [5.74, 6) is -4.30. The number of hydrogen-bond acceptors (Lipinski definition) is 11. The van der Waals surface area contributed by atoms with Crippen molar-refractivity contribution in [2.75, 3.05) is 20.3 Å². The van der Waals surface area contributed by atoms with Crippen LogP contribution in [0.1, 0.15) is 45.1 Å². The van der Waals surface area contributed by atoms with E-state index < -0.39 is 65.8 Å². The summed E-state index contributed by atoms with van der Waals surface area (Å²) in [7, 11) is 1.31. The van der Waals surface area contributed by atoms with Gasteiger partial charge in [0.15, 0.2) is 35.4 Å². The zero-order valence-corrected chi connectivity index (χ0v) is 20.6. The molecule has 4 unspecified atom stereocenters. The van der Waals surface area contributed by atoms with Gasteiger partial charge in [-0.2, -0.15) is 0 Å². The standard InChI is InChI=1S/C23H32N2O10/c1-11(2)21(28)34-16-10-32-9-14(23(30)33-13(5)19(16)35-22(29)12(3)4)25-20(27)17-18(26)15(31-6)7-8-24-17/h7-8,11-14,16,19,26H,9-10H2,1-6H3,(H,25,27). The topological polar surface area (TPSA) is 160 Å². The molecule has 1 aliphatic rings. The Bertz CT molecular complexity index is 933. The fraction of sp³-hybridized carbons (Fsp3) is 0.609. The minimum Gasteiger partial charge on any atom is -0.503 e. The Morgan fingerprint density at radius 3 is 2.34 bits per heavy atom. The zero-order chi connectivity index (χ0) is 26.3. The third-order valence-corrected chi connectivity index (χ3v) is 5.07. The maximum Gasteiger partial charge on any atom is 0.331 e. The maximum absolute atomic E-state index is 12.8. The Labute approximate surface area is 203 Å². The Kier molecular flexibility index (Phi) is 9.81. The van der Waals surface area contributed by atoms with E-state index in [2.05, 4.69) is 10.3 Å². The average molecular weight is 497 g/mol. The number of methoxy groups -OCH3 is 1. The predicted molar refractivity (Wildman–Crippen MR) is 120 cm³/mol. The molecule has 0 radical (unpaired) electrons. The summed E-state index contributed by atoms with van der Waals surface area (Å²) in [5, 5.41) is 12.6. The molecule has 1 saturated heterocycles. The fourth-order valence-corrected chi connectivity index (χ4v) is 3.02. The van der Waals surface area contributed by atoms with E-state index in [0.29, 0.717) is 0 Å². The zero-order valence-electron chi connectivity index (χ0n) is 20.6. The fourth-order valence-electron chi connectivity index (χ4n) is 3.02. The summed E-state index contributed by atoms with van der Waals surface area (Å²) in [5.41, 5.74) is -0.363. The number of rotatable bonds is 7. The lowest BCUT2D eigenvalue weighted by atomic mass is 10.1. The van der Waals surface area contributed by atoms with Gasteiger partial charge in [0.05, 0.1) is 32.2 Å². The van der Waals surface area contributed by atoms with Crippen molar-refractivity contribution in [3.63, 3.8) is 0 Å². The van der Waals surface area contributed by atoms with Crippen LogP contribution in [0.3, 0.4) is 0 Å². The van der Waals surface area contributed by atoms with Gasteiger partial charge in [0.1, 0.15) is 6.10 Å². The normalized spacial score (nSPS) is 22.9. The molecule has 0 aromatic carbocycles. The van der Waals surface area contributed by atoms with Crippen LogP contribution in [0.4, 0.5) is 0 Å². The van der Waals surface area contributed by atoms with Crippen LogP contribution in [0.15, 0.2) is 12.3 Å². The second kappa shape index (κ2) is 12.3. The van der Waals surface area contributed by atoms with Gasteiger partial charge in [-0.1, -0.05) is 27.7 Å². The SMILES string of the molecule is COc1ccnc(C(=O)NC2COCC(OC(=O)C(C)C)C(OC(=O)C(C)C)C(C)OC2=O)c1O. The van der Waals surface area contributed by atoms with Gasteiger partial charge in [0, 0.05) is 12.3 Å². The summed E-state index contributed by atoms with van der Waals surface area (Å²) >= 11 is 0. The highest BCUT2D eigenvalue weighted by atomic mass is 16.6. The Balaban J connectivity index is 2.26. The molecule has 1 fully saturated rings. The summed E-state index contributed by atoms with van der Waals surface area (Å²) in [6.45, 7) is 7.45. The number of pyridine rings is 1. The average Bonchev–Trinajstić information content (AvgIpc) is 2.84. The van der Waals surface area contributed by atoms with Crippen LogP contribution in [0, 0.1) is 11.8 Å². The minimum atomic E-state index is -1.29. The molecule has 0 bridgehead atoms. The molecule has 35 heavy (non-hydrogen) atoms. The summed E-state index contributed by atoms with van der Waals surface area (Å²) in [4.78, 5) is 53.9. The molecule has 12 heteroatoms. The van der Waals surface area contributed by atoms with Crippen LogP contribution in [-0.2, 0) is 33.3 Å². The number of ether oxygens (including phenoxy) is 5. The molecule has 1 aromatic heterocycles. The summed E-state index contributed by atoms with van der Waals surface area (Å²) in [6, 6.07) is 0.0702. The number of nitrogens with zero attached hydrogens (tertiary/aromatic N) is 1. The maximum atomic E-state index is 12.8. The van der Waals surface area contributed by atoms with Crippen molar-refractivity contribution < 1.29 is 48.0 Å². The monoisotopic (exact) mass is 496 g/mol. The Morgan fingerprint density at radius 2 is 1.74 bits per heavy atom. The number of aromatic nitrogens is 1. The van der Waals surface area contributed by atoms with Crippen molar-refractivity contribution in [1.82, 2.24) is 10.3 Å². The smallest absolute Gasteiger partial charge is 0.331 e. The van der Waals surface area contributed by atoms with E-state index in [-0.39, 0.29) is 24.7 Å². The molecule has 4 atom stereocenters. The number of carbonyl (C=O) groups excluding carboxylic acids is 4. The lowest BCUT2D eigenvalue weighted by Gasteiger charge is -2.30. The van der Waals surface area contributed by atoms with Crippen molar-refractivity contribution in [2.24, 2.45) is 11.8 Å². The van der Waals surface area contributed by atoms with E-state index in [9.17, 15) is 24.3 Å². The van der Waals surface area contributed by atoms with Crippen LogP contribution in [-0.4, -0.2) is 78.6 Å². The van der Waals surface area contributed by atoms with E-state index >= 15 is 0 Å². The molecule has 0 saturated carbocycles. The van der Waals surface area contributed by atoms with Gasteiger partial charge in [-0.05, 0) is 6.92 Å². The van der Waals surface area contributed by atoms with Gasteiger partial charge in [-0.15, -0.1) is 0 Å². The lowest BCUT2D eigenvalue weighted by molar-refractivity contribution is -0.189. The van der Waals surface area contributed by atoms with E-state index in [1.54, 1.807) is 27.7 Å². The van der Waals surface area contributed by atoms with Crippen LogP contribution in [0.2, 0.25) is 0 Å². The third kappa shape index (κ3) is 7.28. The van der Waals surface area contributed by atoms with Crippen molar-refractivity contribution in [1.29, 1.82) is 0 Å². The quantitative estimate of drug-likeness (QED) is 0.409. The Morgan fingerprint density at radius 1 is 1.11 bits per heavy atom. The number of hydrogen-bond donors (Lipinski definition) is 2. The number of carbonyl (C=O) groups is 4. The van der Waals surface area contributed by atoms with E-state index in [4.69, 9.17) is 23.7 Å². The van der Waals surface area contributed by atoms with E-state index in [1.165, 1.54) is 26.3 Å². The Hall–Kier alpha value is -3.41. The van der Waals surface area contributed by atoms with E-state index in [0.717, 1.165) is 0 Å². The van der Waals surface area contributed by atoms with Crippen molar-refractivity contribution in [3.05, 3.63) is 18.0 Å². The highest BCUT2D eigenvalue weighted by Gasteiger charge is 2.40. The molecule has 2 N–H and O–H groups in total. The molecule has 0 spiro atoms. The highest BCUT2D eigenvalue weighted by Crippen LogP contribution is 2.27. The molecular weight excluding hydrogens is 464 g/mol. The highest BCUT2D eigenvalue weighted by molar-refractivity contribution is 5.98. The first kappa shape index (κ1) is 27.8. The predicted octanol–water partition coefficient (Wildman–Crippen LogP) is 0.992. The number of amides is 1. The van der Waals surface area contributed by atoms with Crippen LogP contribution >= 0.6 is 0 Å². The molecule has 2 heterocycles. The van der Waals surface area contributed by atoms with Crippen LogP contribution < -0.4 is 10.1 Å². The van der Waals surface area contributed by atoms with E-state index in [1.807, 2.05) is 0 Å². The molecule has 1 amide bonds. The van der Waals surface area contributed by atoms with Gasteiger partial charge < -0.3 is 34.1 Å². The first-order chi connectivity index (χ1) is 16.5. The van der Waals surface area contributed by atoms with Crippen molar-refractivity contribution in [2.45, 2.75) is 59.0 Å². The van der Waals surface area contributed by atoms with Gasteiger partial charge in [0.2, 0.25) is 0 Å². The van der Waals surface area contributed by atoms with Crippen LogP contribution in [0.25, 0.3) is 0 Å². The third-order valence-electron chi connectivity index (χ3n) is 5.07. The van der Waals surface area contributed by atoms with Gasteiger partial charge in [-0.25, -0.2) is 9.78 Å². The van der Waals surface area contributed by atoms with Gasteiger partial charge in [-0.3, -0.25) is 14.4 Å². The number of nitrogens with one attached hydrogen (secondary N) is 1. The molecule has 2 rings (SSSR count). The minimum absolute atomic E-state index is 0.0247. The second-order valence-corrected chi connectivity index (χ2v) is 8.60. The lowest BCUT2D eigenvalue weighted by Crippen LogP contribution is -2.48. The van der Waals surface area contributed by atoms with Crippen molar-refractivity contribution in [3.8, 4) is 11.5 Å². The number of aromatic hydroxyl groups is 1. The number of cyclic esters (lactones) is 1. The first-order valence-corrected chi connectivity index (χ1v) is 11.2. The largest absolute Gasteiger partial charge is 0.503 e. The van der Waals surface area contributed by atoms with Crippen molar-refractivity contribution >= 4 is 23.8 Å². The number of esters is 3. The van der Waals surface area contributed by atoms with Crippen LogP contribution in [0.5, 0.6) is 11.5 Å². The first-order valence-electron chi connectivity index (χ1n) is 11.2. The van der Waals surface area contributed by atoms with Gasteiger partial charge in [0.25, 0.3) is 5.91 Å². The summed E-state index contributed by atoms with van der Waals surface area (Å²) < 4.78 is 27.0. The molecule has 1 aromatic rings. The molecule has 194 valence electrons. The molecule has 0 aliphatic carbocycles. The second-order valence-electron chi connectivity index (χ2n) is 8.60. The molecule has 12 nitrogen and oxygen atoms in total. The summed E-state index contributed by atoms with van der Waals surface area (Å²) in [6.07, 6.45) is -1.99. The molecular formula is C23H32N2O10. The molecule has 1 aliphatic heterocycles. The van der Waals surface area contributed by atoms with Gasteiger partial charge >= 0.3 is 17.9 Å².